The van der Waals surface area contributed by atoms with Gasteiger partial charge in [-0.1, -0.05) is 38.0 Å². The lowest BCUT2D eigenvalue weighted by atomic mass is 10.2. The Morgan fingerprint density at radius 2 is 2.00 bits per heavy atom. The van der Waals surface area contributed by atoms with Crippen molar-refractivity contribution in [2.45, 2.75) is 39.5 Å². The number of likely N-dealkylation sites (N-methyl/N-ethyl adjacent to an activating group) is 1. The van der Waals surface area contributed by atoms with Crippen LogP contribution in [0, 0.1) is 0 Å². The van der Waals surface area contributed by atoms with Gasteiger partial charge >= 0.3 is 0 Å². The number of hydrogen-bond donors (Lipinski definition) is 1. The van der Waals surface area contributed by atoms with Crippen molar-refractivity contribution in [1.29, 1.82) is 0 Å². The lowest BCUT2D eigenvalue weighted by molar-refractivity contribution is -0.116. The normalized spacial score (nSPS) is 11.3. The lowest BCUT2D eigenvalue weighted by Gasteiger charge is -1.92. The molecule has 0 aliphatic heterocycles. The third-order valence-corrected chi connectivity index (χ3v) is 1.82. The van der Waals surface area contributed by atoms with E-state index in [1.807, 2.05) is 13.0 Å². The summed E-state index contributed by atoms with van der Waals surface area (Å²) in [6, 6.07) is 0. The molecule has 0 rings (SSSR count). The van der Waals surface area contributed by atoms with Crippen LogP contribution in [0.25, 0.3) is 0 Å². The summed E-state index contributed by atoms with van der Waals surface area (Å²) in [5.74, 6) is -0.0225. The zero-order valence-electron chi connectivity index (χ0n) is 9.25. The van der Waals surface area contributed by atoms with Crippen molar-refractivity contribution < 1.29 is 4.79 Å². The van der Waals surface area contributed by atoms with Gasteiger partial charge in [0.2, 0.25) is 5.91 Å². The van der Waals surface area contributed by atoms with Gasteiger partial charge in [0.05, 0.1) is 0 Å². The molecule has 2 nitrogen and oxygen atoms in total. The predicted octanol–water partition coefficient (Wildman–Crippen LogP) is 2.82. The van der Waals surface area contributed by atoms with E-state index in [9.17, 15) is 4.79 Å². The molecule has 1 amide bonds. The van der Waals surface area contributed by atoms with Crippen LogP contribution < -0.4 is 5.32 Å². The van der Waals surface area contributed by atoms with Crippen molar-refractivity contribution in [1.82, 2.24) is 5.32 Å². The Kier molecular flexibility index (Phi) is 9.28. The van der Waals surface area contributed by atoms with Gasteiger partial charge in [0.25, 0.3) is 0 Å². The summed E-state index contributed by atoms with van der Waals surface area (Å²) >= 11 is 0. The molecular formula is C12H21NO. The molecule has 0 aliphatic rings. The first-order chi connectivity index (χ1) is 6.81. The standard InChI is InChI=1S/C12H21NO/c1-3-5-6-7-8-9-10-11-12(14)13-4-2/h8-11H,3-7H2,1-2H3,(H,13,14)/b9-8-,11-10+. The summed E-state index contributed by atoms with van der Waals surface area (Å²) < 4.78 is 0. The smallest absolute Gasteiger partial charge is 0.243 e. The molecule has 0 saturated carbocycles. The van der Waals surface area contributed by atoms with E-state index >= 15 is 0 Å². The number of carbonyl (C=O) groups excluding carboxylic acids is 1. The molecular weight excluding hydrogens is 174 g/mol. The van der Waals surface area contributed by atoms with E-state index in [4.69, 9.17) is 0 Å². The Labute approximate surface area is 87.1 Å². The van der Waals surface area contributed by atoms with Crippen LogP contribution in [0.1, 0.15) is 39.5 Å². The van der Waals surface area contributed by atoms with Gasteiger partial charge in [-0.05, 0) is 19.8 Å². The van der Waals surface area contributed by atoms with Crippen molar-refractivity contribution in [3.05, 3.63) is 24.3 Å². The quantitative estimate of drug-likeness (QED) is 0.378. The van der Waals surface area contributed by atoms with Gasteiger partial charge in [0.1, 0.15) is 0 Å². The van der Waals surface area contributed by atoms with Gasteiger partial charge in [-0.15, -0.1) is 0 Å². The fourth-order valence-corrected chi connectivity index (χ4v) is 1.06. The zero-order chi connectivity index (χ0) is 10.6. The Morgan fingerprint density at radius 3 is 2.64 bits per heavy atom. The zero-order valence-corrected chi connectivity index (χ0v) is 9.25. The molecule has 0 aromatic heterocycles. The molecule has 0 bridgehead atoms. The SMILES string of the molecule is CCCCC/C=C\C=C\C(=O)NCC. The van der Waals surface area contributed by atoms with Gasteiger partial charge in [-0.3, -0.25) is 4.79 Å². The molecule has 80 valence electrons. The van der Waals surface area contributed by atoms with E-state index in [1.54, 1.807) is 12.2 Å². The number of nitrogens with one attached hydrogen (secondary N) is 1. The second kappa shape index (κ2) is 10.0. The number of amides is 1. The first-order valence-corrected chi connectivity index (χ1v) is 5.42. The summed E-state index contributed by atoms with van der Waals surface area (Å²) in [5, 5.41) is 2.70. The van der Waals surface area contributed by atoms with Gasteiger partial charge in [0, 0.05) is 12.6 Å². The number of allylic oxidation sites excluding steroid dienone is 3. The van der Waals surface area contributed by atoms with Gasteiger partial charge in [-0.25, -0.2) is 0 Å². The topological polar surface area (TPSA) is 29.1 Å². The minimum Gasteiger partial charge on any atom is -0.353 e. The van der Waals surface area contributed by atoms with E-state index in [1.165, 1.54) is 19.3 Å². The number of rotatable bonds is 7. The maximum Gasteiger partial charge on any atom is 0.243 e. The minimum absolute atomic E-state index is 0.0225. The average molecular weight is 195 g/mol. The van der Waals surface area contributed by atoms with Crippen LogP contribution in [0.5, 0.6) is 0 Å². The average Bonchev–Trinajstić information content (AvgIpc) is 2.17. The van der Waals surface area contributed by atoms with Gasteiger partial charge in [-0.2, -0.15) is 0 Å². The van der Waals surface area contributed by atoms with Gasteiger partial charge in [0.15, 0.2) is 0 Å². The third-order valence-electron chi connectivity index (χ3n) is 1.82. The van der Waals surface area contributed by atoms with E-state index in [0.29, 0.717) is 6.54 Å². The van der Waals surface area contributed by atoms with Crippen molar-refractivity contribution in [3.63, 3.8) is 0 Å². The number of carbonyl (C=O) groups is 1. The molecule has 0 aromatic carbocycles. The summed E-state index contributed by atoms with van der Waals surface area (Å²) in [6.07, 6.45) is 12.3. The Hall–Kier alpha value is -1.05. The first-order valence-electron chi connectivity index (χ1n) is 5.42. The highest BCUT2D eigenvalue weighted by Crippen LogP contribution is 1.99. The van der Waals surface area contributed by atoms with Crippen LogP contribution in [0.3, 0.4) is 0 Å². The van der Waals surface area contributed by atoms with Crippen molar-refractivity contribution in [2.75, 3.05) is 6.54 Å². The highest BCUT2D eigenvalue weighted by molar-refractivity contribution is 5.87. The molecule has 2 heteroatoms. The molecule has 0 heterocycles. The lowest BCUT2D eigenvalue weighted by Crippen LogP contribution is -2.19. The molecule has 1 N–H and O–H groups in total. The summed E-state index contributed by atoms with van der Waals surface area (Å²) in [6.45, 7) is 4.79. The highest BCUT2D eigenvalue weighted by Gasteiger charge is 1.87. The van der Waals surface area contributed by atoms with E-state index in [0.717, 1.165) is 6.42 Å². The third kappa shape index (κ3) is 9.04. The monoisotopic (exact) mass is 195 g/mol. The van der Waals surface area contributed by atoms with Crippen LogP contribution in [0.15, 0.2) is 24.3 Å². The molecule has 14 heavy (non-hydrogen) atoms. The maximum atomic E-state index is 10.9. The van der Waals surface area contributed by atoms with Crippen molar-refractivity contribution in [2.24, 2.45) is 0 Å². The van der Waals surface area contributed by atoms with Crippen molar-refractivity contribution in [3.8, 4) is 0 Å². The fraction of sp³-hybridized carbons (Fsp3) is 0.583. The van der Waals surface area contributed by atoms with Crippen LogP contribution in [0.4, 0.5) is 0 Å². The van der Waals surface area contributed by atoms with E-state index in [-0.39, 0.29) is 5.91 Å². The predicted molar refractivity (Wildman–Crippen MR) is 61.1 cm³/mol. The molecule has 0 aromatic rings. The summed E-state index contributed by atoms with van der Waals surface area (Å²) in [5.41, 5.74) is 0. The van der Waals surface area contributed by atoms with Crippen LogP contribution in [-0.2, 0) is 4.79 Å². The molecule has 0 fully saturated rings. The summed E-state index contributed by atoms with van der Waals surface area (Å²) in [4.78, 5) is 10.9. The van der Waals surface area contributed by atoms with E-state index in [2.05, 4.69) is 18.3 Å². The number of unbranched alkanes of at least 4 members (excludes halogenated alkanes) is 3. The largest absolute Gasteiger partial charge is 0.353 e. The second-order valence-corrected chi connectivity index (χ2v) is 3.18. The Bertz CT molecular complexity index is 194. The molecule has 0 aliphatic carbocycles. The van der Waals surface area contributed by atoms with Crippen LogP contribution >= 0.6 is 0 Å². The number of hydrogen-bond acceptors (Lipinski definition) is 1. The Morgan fingerprint density at radius 1 is 1.21 bits per heavy atom. The Balaban J connectivity index is 3.45. The van der Waals surface area contributed by atoms with Crippen LogP contribution in [0.2, 0.25) is 0 Å². The minimum atomic E-state index is -0.0225. The van der Waals surface area contributed by atoms with Gasteiger partial charge < -0.3 is 5.32 Å². The maximum absolute atomic E-state index is 10.9. The van der Waals surface area contributed by atoms with E-state index < -0.39 is 0 Å². The fourth-order valence-electron chi connectivity index (χ4n) is 1.06. The molecule has 0 unspecified atom stereocenters. The van der Waals surface area contributed by atoms with Crippen LogP contribution in [-0.4, -0.2) is 12.5 Å². The molecule has 0 radical (unpaired) electrons. The molecule has 0 saturated heterocycles. The summed E-state index contributed by atoms with van der Waals surface area (Å²) in [7, 11) is 0. The molecule has 0 atom stereocenters. The first kappa shape index (κ1) is 12.9. The molecule has 0 spiro atoms. The highest BCUT2D eigenvalue weighted by atomic mass is 16.1. The second-order valence-electron chi connectivity index (χ2n) is 3.18. The van der Waals surface area contributed by atoms with Crippen molar-refractivity contribution >= 4 is 5.91 Å².